The van der Waals surface area contributed by atoms with Gasteiger partial charge in [0.2, 0.25) is 0 Å². The molecule has 1 aliphatic rings. The van der Waals surface area contributed by atoms with E-state index in [1.807, 2.05) is 0 Å². The number of aliphatic hydroxyl groups is 2. The highest BCUT2D eigenvalue weighted by molar-refractivity contribution is 5.76. The second kappa shape index (κ2) is 6.69. The first-order valence-corrected chi connectivity index (χ1v) is 6.04. The van der Waals surface area contributed by atoms with Gasteiger partial charge >= 0.3 is 12.0 Å². The van der Waals surface area contributed by atoms with Gasteiger partial charge in [0.1, 0.15) is 0 Å². The van der Waals surface area contributed by atoms with Gasteiger partial charge in [0.25, 0.3) is 0 Å². The summed E-state index contributed by atoms with van der Waals surface area (Å²) in [4.78, 5) is 23.3. The van der Waals surface area contributed by atoms with E-state index in [2.05, 4.69) is 5.32 Å². The van der Waals surface area contributed by atoms with Gasteiger partial charge in [0.05, 0.1) is 18.7 Å². The number of carboxylic acid groups (broad SMARTS) is 1. The van der Waals surface area contributed by atoms with E-state index in [1.54, 1.807) is 0 Å². The summed E-state index contributed by atoms with van der Waals surface area (Å²) in [5, 5.41) is 30.0. The average Bonchev–Trinajstić information content (AvgIpc) is 2.35. The molecule has 8 nitrogen and oxygen atoms in total. The van der Waals surface area contributed by atoms with Crippen LogP contribution < -0.4 is 5.32 Å². The Morgan fingerprint density at radius 2 is 2.00 bits per heavy atom. The Morgan fingerprint density at radius 1 is 1.42 bits per heavy atom. The second-order valence-corrected chi connectivity index (χ2v) is 4.73. The van der Waals surface area contributed by atoms with Crippen LogP contribution in [-0.2, 0) is 9.53 Å². The van der Waals surface area contributed by atoms with E-state index >= 15 is 0 Å². The number of hydrogen-bond acceptors (Lipinski definition) is 5. The lowest BCUT2D eigenvalue weighted by molar-refractivity contribution is -0.146. The van der Waals surface area contributed by atoms with Crippen LogP contribution in [0.3, 0.4) is 0 Å². The summed E-state index contributed by atoms with van der Waals surface area (Å²) in [6.07, 6.45) is -0.742. The van der Waals surface area contributed by atoms with Crippen LogP contribution in [0.5, 0.6) is 0 Å². The molecule has 1 saturated heterocycles. The molecule has 0 unspecified atom stereocenters. The van der Waals surface area contributed by atoms with E-state index < -0.39 is 23.7 Å². The van der Waals surface area contributed by atoms with Crippen molar-refractivity contribution >= 4 is 12.0 Å². The van der Waals surface area contributed by atoms with Crippen molar-refractivity contribution in [2.75, 3.05) is 33.4 Å². The van der Waals surface area contributed by atoms with Crippen molar-refractivity contribution in [3.05, 3.63) is 0 Å². The Hall–Kier alpha value is -1.38. The zero-order valence-corrected chi connectivity index (χ0v) is 10.8. The number of carbonyl (C=O) groups is 2. The lowest BCUT2D eigenvalue weighted by Gasteiger charge is -2.35. The molecule has 0 aromatic heterocycles. The topological polar surface area (TPSA) is 119 Å². The third-order valence-electron chi connectivity index (χ3n) is 3.03. The number of hydrogen-bond donors (Lipinski definition) is 4. The number of amides is 2. The van der Waals surface area contributed by atoms with Crippen molar-refractivity contribution in [2.24, 2.45) is 0 Å². The third kappa shape index (κ3) is 5.01. The fourth-order valence-corrected chi connectivity index (χ4v) is 1.83. The summed E-state index contributed by atoms with van der Waals surface area (Å²) >= 11 is 0. The second-order valence-electron chi connectivity index (χ2n) is 4.73. The number of carboxylic acids is 1. The number of aliphatic carboxylic acids is 1. The minimum absolute atomic E-state index is 0.130. The molecule has 0 aromatic carbocycles. The molecule has 0 bridgehead atoms. The number of carbonyl (C=O) groups excluding carboxylic acids is 1. The Bertz CT molecular complexity index is 329. The monoisotopic (exact) mass is 276 g/mol. The largest absolute Gasteiger partial charge is 0.479 e. The first-order chi connectivity index (χ1) is 8.84. The van der Waals surface area contributed by atoms with E-state index in [0.717, 1.165) is 0 Å². The first kappa shape index (κ1) is 15.7. The van der Waals surface area contributed by atoms with Gasteiger partial charge < -0.3 is 30.3 Å². The predicted octanol–water partition coefficient (Wildman–Crippen LogP) is -1.39. The van der Waals surface area contributed by atoms with Gasteiger partial charge in [-0.15, -0.1) is 0 Å². The SMILES string of the molecule is CN(CC1(O)CCOCC1)C(=O)NC[C@H](O)C(=O)O. The first-order valence-electron chi connectivity index (χ1n) is 6.04. The van der Waals surface area contributed by atoms with Crippen LogP contribution in [0.15, 0.2) is 0 Å². The summed E-state index contributed by atoms with van der Waals surface area (Å²) in [7, 11) is 1.50. The zero-order valence-electron chi connectivity index (χ0n) is 10.8. The van der Waals surface area contributed by atoms with E-state index in [-0.39, 0.29) is 13.1 Å². The third-order valence-corrected chi connectivity index (χ3v) is 3.03. The summed E-state index contributed by atoms with van der Waals surface area (Å²) in [6, 6.07) is -0.541. The van der Waals surface area contributed by atoms with Crippen molar-refractivity contribution in [2.45, 2.75) is 24.5 Å². The minimum atomic E-state index is -1.64. The summed E-state index contributed by atoms with van der Waals surface area (Å²) in [5.74, 6) is -1.40. The van der Waals surface area contributed by atoms with Gasteiger partial charge in [-0.3, -0.25) is 0 Å². The molecular formula is C11H20N2O6. The molecule has 0 radical (unpaired) electrons. The van der Waals surface area contributed by atoms with E-state index in [0.29, 0.717) is 26.1 Å². The number of likely N-dealkylation sites (N-methyl/N-ethyl adjacent to an activating group) is 1. The molecule has 0 saturated carbocycles. The van der Waals surface area contributed by atoms with Gasteiger partial charge in [0, 0.05) is 33.1 Å². The fraction of sp³-hybridized carbons (Fsp3) is 0.818. The van der Waals surface area contributed by atoms with Crippen LogP contribution in [0, 0.1) is 0 Å². The van der Waals surface area contributed by atoms with Crippen LogP contribution in [0.1, 0.15) is 12.8 Å². The molecule has 1 atom stereocenters. The molecule has 8 heteroatoms. The zero-order chi connectivity index (χ0) is 14.5. The molecule has 0 spiro atoms. The van der Waals surface area contributed by atoms with Crippen molar-refractivity contribution in [1.29, 1.82) is 0 Å². The minimum Gasteiger partial charge on any atom is -0.479 e. The molecule has 110 valence electrons. The Balaban J connectivity index is 2.37. The average molecular weight is 276 g/mol. The highest BCUT2D eigenvalue weighted by Crippen LogP contribution is 2.21. The van der Waals surface area contributed by atoms with E-state index in [1.165, 1.54) is 11.9 Å². The van der Waals surface area contributed by atoms with Gasteiger partial charge in [-0.2, -0.15) is 0 Å². The number of ether oxygens (including phenoxy) is 1. The quantitative estimate of drug-likeness (QED) is 0.491. The molecule has 1 aliphatic heterocycles. The molecule has 4 N–H and O–H groups in total. The maximum absolute atomic E-state index is 11.7. The number of rotatable bonds is 5. The molecule has 19 heavy (non-hydrogen) atoms. The maximum Gasteiger partial charge on any atom is 0.334 e. The van der Waals surface area contributed by atoms with Crippen LogP contribution in [0.25, 0.3) is 0 Å². The van der Waals surface area contributed by atoms with Gasteiger partial charge in [-0.25, -0.2) is 9.59 Å². The Labute approximate surface area is 111 Å². The molecule has 2 amide bonds. The number of urea groups is 1. The summed E-state index contributed by atoms with van der Waals surface area (Å²) < 4.78 is 5.13. The van der Waals surface area contributed by atoms with Gasteiger partial charge in [-0.1, -0.05) is 0 Å². The van der Waals surface area contributed by atoms with Crippen molar-refractivity contribution in [1.82, 2.24) is 10.2 Å². The molecule has 1 rings (SSSR count). The molecule has 1 fully saturated rings. The standard InChI is InChI=1S/C11H20N2O6/c1-13(7-11(18)2-4-19-5-3-11)10(17)12-6-8(14)9(15)16/h8,14,18H,2-7H2,1H3,(H,12,17)(H,15,16)/t8-/m0/s1. The van der Waals surface area contributed by atoms with Crippen LogP contribution in [-0.4, -0.2) is 77.3 Å². The molecule has 1 heterocycles. The van der Waals surface area contributed by atoms with E-state index in [9.17, 15) is 14.7 Å². The van der Waals surface area contributed by atoms with Crippen molar-refractivity contribution < 1.29 is 29.6 Å². The number of nitrogens with one attached hydrogen (secondary N) is 1. The molecular weight excluding hydrogens is 256 g/mol. The highest BCUT2D eigenvalue weighted by atomic mass is 16.5. The van der Waals surface area contributed by atoms with Crippen molar-refractivity contribution in [3.8, 4) is 0 Å². The fourth-order valence-electron chi connectivity index (χ4n) is 1.83. The van der Waals surface area contributed by atoms with E-state index in [4.69, 9.17) is 14.9 Å². The molecule has 0 aliphatic carbocycles. The number of nitrogens with zero attached hydrogens (tertiary/aromatic N) is 1. The Morgan fingerprint density at radius 3 is 2.53 bits per heavy atom. The maximum atomic E-state index is 11.7. The summed E-state index contributed by atoms with van der Waals surface area (Å²) in [5.41, 5.74) is -0.976. The Kier molecular flexibility index (Phi) is 5.52. The lowest BCUT2D eigenvalue weighted by atomic mass is 9.94. The highest BCUT2D eigenvalue weighted by Gasteiger charge is 2.32. The number of aliphatic hydroxyl groups excluding tert-OH is 1. The summed E-state index contributed by atoms with van der Waals surface area (Å²) in [6.45, 7) is 0.652. The van der Waals surface area contributed by atoms with Gasteiger partial charge in [0.15, 0.2) is 6.10 Å². The van der Waals surface area contributed by atoms with Crippen molar-refractivity contribution in [3.63, 3.8) is 0 Å². The predicted molar refractivity (Wildman–Crippen MR) is 64.7 cm³/mol. The lowest BCUT2D eigenvalue weighted by Crippen LogP contribution is -2.51. The normalized spacial score (nSPS) is 19.5. The smallest absolute Gasteiger partial charge is 0.334 e. The van der Waals surface area contributed by atoms with Crippen LogP contribution in [0.2, 0.25) is 0 Å². The van der Waals surface area contributed by atoms with Gasteiger partial charge in [-0.05, 0) is 0 Å². The van der Waals surface area contributed by atoms with Crippen LogP contribution in [0.4, 0.5) is 4.79 Å². The molecule has 0 aromatic rings. The van der Waals surface area contributed by atoms with Crippen LogP contribution >= 0.6 is 0 Å².